The minimum Gasteiger partial charge on any atom is -0.462 e. The monoisotopic (exact) mass is 745 g/mol. The van der Waals surface area contributed by atoms with Gasteiger partial charge in [-0.3, -0.25) is 9.59 Å². The smallest absolute Gasteiger partial charge is 0.306 e. The highest BCUT2D eigenvalue weighted by atomic mass is 16.7. The number of ether oxygens (including phenoxy) is 4. The lowest BCUT2D eigenvalue weighted by Crippen LogP contribution is -2.59. The Morgan fingerprint density at radius 3 is 1.31 bits per heavy atom. The third-order valence-electron chi connectivity index (χ3n) is 10.2. The van der Waals surface area contributed by atoms with Gasteiger partial charge >= 0.3 is 11.9 Å². The average molecular weight is 745 g/mol. The molecule has 0 saturated carbocycles. The van der Waals surface area contributed by atoms with Gasteiger partial charge in [0.25, 0.3) is 0 Å². The minimum atomic E-state index is -1.59. The van der Waals surface area contributed by atoms with Crippen molar-refractivity contribution in [2.75, 3.05) is 19.8 Å². The zero-order valence-corrected chi connectivity index (χ0v) is 33.3. The summed E-state index contributed by atoms with van der Waals surface area (Å²) in [5, 5.41) is 40.0. The quantitative estimate of drug-likeness (QED) is 0.0363. The third kappa shape index (κ3) is 25.7. The topological polar surface area (TPSA) is 152 Å². The van der Waals surface area contributed by atoms with E-state index in [1.54, 1.807) is 0 Å². The molecule has 0 aromatic carbocycles. The Labute approximate surface area is 317 Å². The largest absolute Gasteiger partial charge is 0.462 e. The molecule has 10 heteroatoms. The van der Waals surface area contributed by atoms with Crippen molar-refractivity contribution in [3.05, 3.63) is 0 Å². The first-order chi connectivity index (χ1) is 25.3. The first-order valence-corrected chi connectivity index (χ1v) is 21.6. The summed E-state index contributed by atoms with van der Waals surface area (Å²) in [7, 11) is 0. The van der Waals surface area contributed by atoms with Crippen LogP contribution in [0.1, 0.15) is 200 Å². The maximum absolute atomic E-state index is 12.7. The van der Waals surface area contributed by atoms with Gasteiger partial charge in [0.05, 0.1) is 13.2 Å². The van der Waals surface area contributed by atoms with Gasteiger partial charge in [-0.05, 0) is 12.8 Å². The van der Waals surface area contributed by atoms with E-state index in [1.807, 2.05) is 0 Å². The van der Waals surface area contributed by atoms with Gasteiger partial charge in [-0.2, -0.15) is 0 Å². The van der Waals surface area contributed by atoms with E-state index in [1.165, 1.54) is 128 Å². The van der Waals surface area contributed by atoms with Crippen LogP contribution < -0.4 is 0 Å². The number of carbonyl (C=O) groups excluding carboxylic acids is 2. The van der Waals surface area contributed by atoms with Crippen molar-refractivity contribution in [2.24, 2.45) is 0 Å². The van der Waals surface area contributed by atoms with Crippen LogP contribution in [0.15, 0.2) is 0 Å². The van der Waals surface area contributed by atoms with Crippen molar-refractivity contribution < 1.29 is 49.0 Å². The summed E-state index contributed by atoms with van der Waals surface area (Å²) >= 11 is 0. The highest BCUT2D eigenvalue weighted by molar-refractivity contribution is 5.70. The van der Waals surface area contributed by atoms with Crippen LogP contribution in [-0.2, 0) is 28.5 Å². The summed E-state index contributed by atoms with van der Waals surface area (Å²) in [4.78, 5) is 25.2. The number of hydrogen-bond acceptors (Lipinski definition) is 10. The number of aliphatic hydroxyl groups excluding tert-OH is 4. The Hall–Kier alpha value is -1.30. The van der Waals surface area contributed by atoms with Gasteiger partial charge in [-0.1, -0.05) is 174 Å². The zero-order valence-electron chi connectivity index (χ0n) is 33.3. The summed E-state index contributed by atoms with van der Waals surface area (Å²) in [5.41, 5.74) is 0. The number of unbranched alkanes of at least 4 members (excludes halogenated alkanes) is 25. The molecule has 1 aliphatic rings. The SMILES string of the molecule is CCCCCCCCCCCCCCCCCCC(=O)OC[C@@H](CO[C@H]1O[C@@H](CO)[C@@H](O)C(O)C1O)OC(=O)CCCCCCCCCCCCC. The van der Waals surface area contributed by atoms with Crippen LogP contribution in [0.3, 0.4) is 0 Å². The molecule has 0 bridgehead atoms. The zero-order chi connectivity index (χ0) is 38.1. The molecule has 6 atom stereocenters. The Balaban J connectivity index is 2.31. The molecule has 0 aromatic heterocycles. The van der Waals surface area contributed by atoms with Gasteiger partial charge in [0, 0.05) is 12.8 Å². The molecular weight excluding hydrogens is 664 g/mol. The van der Waals surface area contributed by atoms with Crippen molar-refractivity contribution in [3.8, 4) is 0 Å². The molecule has 0 amide bonds. The van der Waals surface area contributed by atoms with E-state index in [0.29, 0.717) is 6.42 Å². The van der Waals surface area contributed by atoms with Gasteiger partial charge in [-0.25, -0.2) is 0 Å². The lowest BCUT2D eigenvalue weighted by molar-refractivity contribution is -0.305. The first-order valence-electron chi connectivity index (χ1n) is 21.6. The highest BCUT2D eigenvalue weighted by Gasteiger charge is 2.44. The normalized spacial score (nSPS) is 20.9. The Bertz CT molecular complexity index is 825. The molecule has 4 N–H and O–H groups in total. The lowest BCUT2D eigenvalue weighted by Gasteiger charge is -2.39. The number of rotatable bonds is 36. The van der Waals surface area contributed by atoms with Gasteiger partial charge < -0.3 is 39.4 Å². The molecule has 0 radical (unpaired) electrons. The molecule has 0 spiro atoms. The lowest BCUT2D eigenvalue weighted by atomic mass is 9.99. The highest BCUT2D eigenvalue weighted by Crippen LogP contribution is 2.23. The van der Waals surface area contributed by atoms with E-state index in [2.05, 4.69) is 13.8 Å². The van der Waals surface area contributed by atoms with E-state index in [4.69, 9.17) is 18.9 Å². The second-order valence-corrected chi connectivity index (χ2v) is 15.2. The fourth-order valence-corrected chi connectivity index (χ4v) is 6.78. The molecule has 308 valence electrons. The van der Waals surface area contributed by atoms with Crippen LogP contribution >= 0.6 is 0 Å². The molecule has 1 saturated heterocycles. The van der Waals surface area contributed by atoms with Crippen LogP contribution in [0.5, 0.6) is 0 Å². The fraction of sp³-hybridized carbons (Fsp3) is 0.952. The van der Waals surface area contributed by atoms with Crippen LogP contribution in [0.4, 0.5) is 0 Å². The van der Waals surface area contributed by atoms with E-state index in [9.17, 15) is 30.0 Å². The molecule has 10 nitrogen and oxygen atoms in total. The minimum absolute atomic E-state index is 0.209. The fourth-order valence-electron chi connectivity index (χ4n) is 6.78. The van der Waals surface area contributed by atoms with E-state index >= 15 is 0 Å². The second-order valence-electron chi connectivity index (χ2n) is 15.2. The molecule has 0 aliphatic carbocycles. The summed E-state index contributed by atoms with van der Waals surface area (Å²) < 4.78 is 22.1. The predicted octanol–water partition coefficient (Wildman–Crippen LogP) is 8.61. The van der Waals surface area contributed by atoms with Crippen LogP contribution in [0.25, 0.3) is 0 Å². The molecule has 52 heavy (non-hydrogen) atoms. The maximum Gasteiger partial charge on any atom is 0.306 e. The van der Waals surface area contributed by atoms with Crippen molar-refractivity contribution in [1.82, 2.24) is 0 Å². The van der Waals surface area contributed by atoms with Gasteiger partial charge in [0.1, 0.15) is 31.0 Å². The Morgan fingerprint density at radius 2 is 0.904 bits per heavy atom. The summed E-state index contributed by atoms with van der Waals surface area (Å²) in [6.07, 6.45) is 25.4. The third-order valence-corrected chi connectivity index (χ3v) is 10.2. The molecule has 2 unspecified atom stereocenters. The molecule has 1 aliphatic heterocycles. The Kier molecular flexibility index (Phi) is 32.1. The average Bonchev–Trinajstić information content (AvgIpc) is 3.14. The predicted molar refractivity (Wildman–Crippen MR) is 206 cm³/mol. The van der Waals surface area contributed by atoms with Crippen molar-refractivity contribution in [2.45, 2.75) is 237 Å². The van der Waals surface area contributed by atoms with Crippen molar-refractivity contribution in [3.63, 3.8) is 0 Å². The Morgan fingerprint density at radius 1 is 0.519 bits per heavy atom. The molecule has 1 rings (SSSR count). The van der Waals surface area contributed by atoms with E-state index in [0.717, 1.165) is 38.5 Å². The van der Waals surface area contributed by atoms with Crippen LogP contribution in [0, 0.1) is 0 Å². The molecule has 0 aromatic rings. The standard InChI is InChI=1S/C42H80O10/c1-3-5-7-9-11-13-15-16-17-18-19-21-22-24-26-28-30-37(44)49-33-35(34-50-42-41(48)40(47)39(46)36(32-43)52-42)51-38(45)31-29-27-25-23-20-14-12-10-8-6-4-2/h35-36,39-43,46-48H,3-34H2,1-2H3/t35-,36-,39+,40?,41?,42-/m0/s1. The summed E-state index contributed by atoms with van der Waals surface area (Å²) in [5.74, 6) is -0.795. The molecular formula is C42H80O10. The van der Waals surface area contributed by atoms with E-state index in [-0.39, 0.29) is 32.0 Å². The van der Waals surface area contributed by atoms with Gasteiger partial charge in [0.2, 0.25) is 0 Å². The summed E-state index contributed by atoms with van der Waals surface area (Å²) in [6.45, 7) is 3.43. The number of esters is 2. The van der Waals surface area contributed by atoms with Gasteiger partial charge in [0.15, 0.2) is 12.4 Å². The molecule has 1 fully saturated rings. The number of carbonyl (C=O) groups is 2. The van der Waals surface area contributed by atoms with Crippen molar-refractivity contribution >= 4 is 11.9 Å². The number of hydrogen-bond donors (Lipinski definition) is 4. The molecule has 1 heterocycles. The second kappa shape index (κ2) is 34.2. The number of aliphatic hydroxyl groups is 4. The van der Waals surface area contributed by atoms with E-state index < -0.39 is 49.4 Å². The van der Waals surface area contributed by atoms with Crippen molar-refractivity contribution in [1.29, 1.82) is 0 Å². The van der Waals surface area contributed by atoms with Crippen LogP contribution in [-0.4, -0.2) is 89.0 Å². The van der Waals surface area contributed by atoms with Crippen LogP contribution in [0.2, 0.25) is 0 Å². The first kappa shape index (κ1) is 48.7. The van der Waals surface area contributed by atoms with Gasteiger partial charge in [-0.15, -0.1) is 0 Å². The maximum atomic E-state index is 12.7. The summed E-state index contributed by atoms with van der Waals surface area (Å²) in [6, 6.07) is 0.